The largest absolute Gasteiger partial charge is 0.458 e. The molecular weight excluding hydrogens is 921 g/mol. The highest BCUT2D eigenvalue weighted by atomic mass is 16.5. The fraction of sp³-hybridized carbons (Fsp3) is 0.611. The fourth-order valence-electron chi connectivity index (χ4n) is 9.68. The van der Waals surface area contributed by atoms with E-state index in [0.717, 1.165) is 5.56 Å². The maximum Gasteiger partial charge on any atom is 0.329 e. The van der Waals surface area contributed by atoms with Crippen LogP contribution in [0.4, 0.5) is 0 Å². The molecule has 8 amide bonds. The molecular formula is C54H80N8O10. The van der Waals surface area contributed by atoms with Crippen molar-refractivity contribution in [1.29, 1.82) is 0 Å². The van der Waals surface area contributed by atoms with Crippen molar-refractivity contribution in [3.8, 4) is 0 Å². The summed E-state index contributed by atoms with van der Waals surface area (Å²) in [6, 6.07) is 7.66. The van der Waals surface area contributed by atoms with E-state index in [9.17, 15) is 43.2 Å². The van der Waals surface area contributed by atoms with Crippen LogP contribution in [-0.2, 0) is 49.5 Å². The molecule has 18 heteroatoms. The average Bonchev–Trinajstić information content (AvgIpc) is 3.75. The van der Waals surface area contributed by atoms with Crippen molar-refractivity contribution in [3.63, 3.8) is 0 Å². The molecule has 2 aliphatic heterocycles. The summed E-state index contributed by atoms with van der Waals surface area (Å²) in [5, 5.41) is 5.64. The summed E-state index contributed by atoms with van der Waals surface area (Å²) in [5.41, 5.74) is 0.934. The van der Waals surface area contributed by atoms with Gasteiger partial charge in [0.15, 0.2) is 0 Å². The highest BCUT2D eigenvalue weighted by Crippen LogP contribution is 2.28. The quantitative estimate of drug-likeness (QED) is 0.349. The SMILES string of the molecule is CCC(C)C1C(=O)N(C)C(C(C)C)C(=O)OC(C)C(NC(=O)c2ccccc2)C(=O)N(C)C(CC(C)C)C(=O)N(C)C(C)C(=O)N2CC(C)CC2C(=O)N(C)C(C)C(=O)NC(Cc2ccccc2)C(=O)N1C. The summed E-state index contributed by atoms with van der Waals surface area (Å²) >= 11 is 0. The first-order chi connectivity index (χ1) is 33.7. The number of cyclic esters (lactones) is 1. The van der Waals surface area contributed by atoms with Gasteiger partial charge in [0, 0.05) is 53.8 Å². The van der Waals surface area contributed by atoms with Gasteiger partial charge in [-0.1, -0.05) is 103 Å². The molecule has 2 aromatic rings. The number of esters is 1. The summed E-state index contributed by atoms with van der Waals surface area (Å²) < 4.78 is 6.10. The van der Waals surface area contributed by atoms with E-state index in [4.69, 9.17) is 4.74 Å². The van der Waals surface area contributed by atoms with Gasteiger partial charge in [0.25, 0.3) is 5.91 Å². The lowest BCUT2D eigenvalue weighted by Crippen LogP contribution is -2.61. The van der Waals surface area contributed by atoms with Crippen LogP contribution >= 0.6 is 0 Å². The lowest BCUT2D eigenvalue weighted by molar-refractivity contribution is -0.165. The Morgan fingerprint density at radius 3 is 1.78 bits per heavy atom. The Bertz CT molecular complexity index is 2260. The Morgan fingerprint density at radius 2 is 1.22 bits per heavy atom. The van der Waals surface area contributed by atoms with Crippen LogP contribution < -0.4 is 10.6 Å². The molecule has 0 saturated carbocycles. The van der Waals surface area contributed by atoms with Crippen molar-refractivity contribution in [2.45, 2.75) is 149 Å². The van der Waals surface area contributed by atoms with E-state index in [-0.39, 0.29) is 43.2 Å². The molecule has 0 spiro atoms. The van der Waals surface area contributed by atoms with E-state index < -0.39 is 120 Å². The number of likely N-dealkylation sites (N-methyl/N-ethyl adjacent to an activating group) is 5. The first-order valence-electron chi connectivity index (χ1n) is 25.3. The van der Waals surface area contributed by atoms with Gasteiger partial charge in [-0.2, -0.15) is 0 Å². The van der Waals surface area contributed by atoms with Crippen molar-refractivity contribution >= 4 is 53.2 Å². The van der Waals surface area contributed by atoms with Crippen LogP contribution in [-0.4, -0.2) is 179 Å². The van der Waals surface area contributed by atoms with Crippen LogP contribution in [0.15, 0.2) is 60.7 Å². The third-order valence-electron chi connectivity index (χ3n) is 14.6. The molecule has 0 aliphatic carbocycles. The summed E-state index contributed by atoms with van der Waals surface area (Å²) in [7, 11) is 7.27. The number of ether oxygens (including phenoxy) is 1. The Balaban J connectivity index is 1.91. The van der Waals surface area contributed by atoms with Crippen molar-refractivity contribution in [3.05, 3.63) is 71.8 Å². The minimum Gasteiger partial charge on any atom is -0.458 e. The molecule has 2 saturated heterocycles. The number of nitrogens with one attached hydrogen (secondary N) is 2. The molecule has 11 unspecified atom stereocenters. The average molecular weight is 1000 g/mol. The zero-order valence-electron chi connectivity index (χ0n) is 45.1. The Hall–Kier alpha value is -6.33. The van der Waals surface area contributed by atoms with Crippen LogP contribution in [0.1, 0.15) is 104 Å². The van der Waals surface area contributed by atoms with Gasteiger partial charge in [-0.3, -0.25) is 38.4 Å². The number of hydrogen-bond donors (Lipinski definition) is 2. The first kappa shape index (κ1) is 58.2. The van der Waals surface area contributed by atoms with E-state index in [1.165, 1.54) is 78.5 Å². The fourth-order valence-corrected chi connectivity index (χ4v) is 9.68. The second-order valence-corrected chi connectivity index (χ2v) is 20.8. The summed E-state index contributed by atoms with van der Waals surface area (Å²) in [5.74, 6) is -6.99. The molecule has 2 heterocycles. The zero-order chi connectivity index (χ0) is 54.0. The van der Waals surface area contributed by atoms with Crippen LogP contribution in [0.2, 0.25) is 0 Å². The topological polar surface area (TPSA) is 206 Å². The number of carbonyl (C=O) groups excluding carboxylic acids is 9. The molecule has 396 valence electrons. The van der Waals surface area contributed by atoms with Crippen LogP contribution in [0, 0.1) is 23.7 Å². The van der Waals surface area contributed by atoms with Crippen LogP contribution in [0.25, 0.3) is 0 Å². The van der Waals surface area contributed by atoms with Crippen molar-refractivity contribution in [2.75, 3.05) is 41.8 Å². The second kappa shape index (κ2) is 25.4. The molecule has 2 aliphatic rings. The van der Waals surface area contributed by atoms with Gasteiger partial charge < -0.3 is 44.8 Å². The molecule has 0 aromatic heterocycles. The lowest BCUT2D eigenvalue weighted by atomic mass is 9.93. The van der Waals surface area contributed by atoms with Crippen LogP contribution in [0.5, 0.6) is 0 Å². The first-order valence-corrected chi connectivity index (χ1v) is 25.3. The summed E-state index contributed by atoms with van der Waals surface area (Å²) in [6.45, 7) is 17.5. The van der Waals surface area contributed by atoms with E-state index >= 15 is 0 Å². The van der Waals surface area contributed by atoms with Gasteiger partial charge in [0.1, 0.15) is 54.4 Å². The number of amides is 8. The monoisotopic (exact) mass is 1000 g/mol. The third-order valence-corrected chi connectivity index (χ3v) is 14.6. The Labute approximate surface area is 426 Å². The normalized spacial score (nSPS) is 28.0. The molecule has 0 radical (unpaired) electrons. The Morgan fingerprint density at radius 1 is 0.667 bits per heavy atom. The number of hydrogen-bond acceptors (Lipinski definition) is 10. The maximum absolute atomic E-state index is 15.0. The van der Waals surface area contributed by atoms with Crippen LogP contribution in [0.3, 0.4) is 0 Å². The zero-order valence-corrected chi connectivity index (χ0v) is 45.1. The highest BCUT2D eigenvalue weighted by Gasteiger charge is 2.46. The van der Waals surface area contributed by atoms with Crippen molar-refractivity contribution in [2.24, 2.45) is 23.7 Å². The predicted molar refractivity (Wildman–Crippen MR) is 272 cm³/mol. The molecule has 0 bridgehead atoms. The van der Waals surface area contributed by atoms with Gasteiger partial charge in [0.05, 0.1) is 0 Å². The number of rotatable bonds is 9. The van der Waals surface area contributed by atoms with Crippen molar-refractivity contribution in [1.82, 2.24) is 40.0 Å². The second-order valence-electron chi connectivity index (χ2n) is 20.8. The summed E-state index contributed by atoms with van der Waals surface area (Å²) in [6.07, 6.45) is -0.443. The molecule has 2 N–H and O–H groups in total. The summed E-state index contributed by atoms with van der Waals surface area (Å²) in [4.78, 5) is 139. The molecule has 4 rings (SSSR count). The van der Waals surface area contributed by atoms with Gasteiger partial charge in [0.2, 0.25) is 41.4 Å². The van der Waals surface area contributed by atoms with Gasteiger partial charge in [-0.05, 0) is 75.0 Å². The maximum atomic E-state index is 15.0. The molecule has 18 nitrogen and oxygen atoms in total. The number of fused-ring (bicyclic) bond motifs is 1. The highest BCUT2D eigenvalue weighted by molar-refractivity contribution is 6.00. The minimum absolute atomic E-state index is 0.0384. The minimum atomic E-state index is -1.55. The van der Waals surface area contributed by atoms with Gasteiger partial charge >= 0.3 is 5.97 Å². The molecule has 72 heavy (non-hydrogen) atoms. The number of carbonyl (C=O) groups is 9. The Kier molecular flexibility index (Phi) is 20.5. The molecule has 2 aromatic carbocycles. The number of nitrogens with zero attached hydrogens (tertiary/aromatic N) is 6. The smallest absolute Gasteiger partial charge is 0.329 e. The predicted octanol–water partition coefficient (Wildman–Crippen LogP) is 3.62. The van der Waals surface area contributed by atoms with E-state index in [1.807, 2.05) is 52.8 Å². The van der Waals surface area contributed by atoms with E-state index in [1.54, 1.807) is 63.2 Å². The molecule has 2 fully saturated rings. The van der Waals surface area contributed by atoms with E-state index in [2.05, 4.69) is 10.6 Å². The van der Waals surface area contributed by atoms with Gasteiger partial charge in [-0.15, -0.1) is 0 Å². The van der Waals surface area contributed by atoms with Gasteiger partial charge in [-0.25, -0.2) is 4.79 Å². The van der Waals surface area contributed by atoms with E-state index in [0.29, 0.717) is 6.42 Å². The third kappa shape index (κ3) is 13.6. The standard InChI is InChI=1S/C54H80N8O10/c1-16-34(7)45-53(70)60(14)44(32(4)5)54(71)72-37(10)43(56-47(64)39-25-21-18-22-26-39)52(69)59(13)41(27-31(2)3)50(67)58(12)36(9)48(65)62-30-33(6)28-42(62)51(68)57(11)35(8)46(63)55-40(49(66)61(45)15)29-38-23-19-17-20-24-38/h17-26,31-37,40-45H,16,27-30H2,1-15H3,(H,55,63)(H,56,64). The van der Waals surface area contributed by atoms with Crippen molar-refractivity contribution < 1.29 is 47.9 Å². The lowest BCUT2D eigenvalue weighted by Gasteiger charge is -2.39. The number of benzene rings is 2. The molecule has 11 atom stereocenters.